The maximum absolute atomic E-state index is 8.86. The lowest BCUT2D eigenvalue weighted by atomic mass is 10.1. The smallest absolute Gasteiger partial charge is 0.227 e. The number of pyridine rings is 1. The van der Waals surface area contributed by atoms with Crippen molar-refractivity contribution in [3.05, 3.63) is 54.5 Å². The molecule has 0 aliphatic heterocycles. The summed E-state index contributed by atoms with van der Waals surface area (Å²) >= 11 is 6.14. The van der Waals surface area contributed by atoms with Crippen LogP contribution < -0.4 is 10.6 Å². The Morgan fingerprint density at radius 2 is 2.12 bits per heavy atom. The van der Waals surface area contributed by atoms with Gasteiger partial charge in [0.2, 0.25) is 5.95 Å². The molecule has 1 aliphatic rings. The van der Waals surface area contributed by atoms with Crippen molar-refractivity contribution < 1.29 is 5.11 Å². The molecule has 1 atom stereocenters. The minimum atomic E-state index is -0.0107. The molecule has 0 fully saturated rings. The molecule has 1 aliphatic carbocycles. The van der Waals surface area contributed by atoms with E-state index >= 15 is 0 Å². The topological polar surface area (TPSA) is 83.0 Å². The van der Waals surface area contributed by atoms with Crippen LogP contribution in [0, 0.1) is 0 Å². The summed E-state index contributed by atoms with van der Waals surface area (Å²) in [6.07, 6.45) is 10.7. The molecule has 7 heteroatoms. The molecule has 0 amide bonds. The zero-order valence-electron chi connectivity index (χ0n) is 13.7. The van der Waals surface area contributed by atoms with Crippen LogP contribution in [0.3, 0.4) is 0 Å². The van der Waals surface area contributed by atoms with Gasteiger partial charge >= 0.3 is 0 Å². The first kappa shape index (κ1) is 17.4. The van der Waals surface area contributed by atoms with Gasteiger partial charge in [-0.3, -0.25) is 0 Å². The van der Waals surface area contributed by atoms with Gasteiger partial charge in [-0.15, -0.1) is 11.6 Å². The number of hydrogen-bond acceptors (Lipinski definition) is 6. The van der Waals surface area contributed by atoms with Gasteiger partial charge in [0, 0.05) is 43.2 Å². The summed E-state index contributed by atoms with van der Waals surface area (Å²) in [5.41, 5.74) is 2.74. The number of rotatable bonds is 7. The Hall–Kier alpha value is -2.44. The highest BCUT2D eigenvalue weighted by Gasteiger charge is 2.10. The summed E-state index contributed by atoms with van der Waals surface area (Å²) in [6.45, 7) is 0.826. The predicted molar refractivity (Wildman–Crippen MR) is 101 cm³/mol. The van der Waals surface area contributed by atoms with Gasteiger partial charge in [-0.1, -0.05) is 12.2 Å². The third kappa shape index (κ3) is 5.01. The van der Waals surface area contributed by atoms with E-state index in [0.29, 0.717) is 18.9 Å². The van der Waals surface area contributed by atoms with E-state index < -0.39 is 0 Å². The Balaban J connectivity index is 1.74. The van der Waals surface area contributed by atoms with Gasteiger partial charge in [0.15, 0.2) is 0 Å². The van der Waals surface area contributed by atoms with Gasteiger partial charge < -0.3 is 15.7 Å². The van der Waals surface area contributed by atoms with Crippen molar-refractivity contribution in [3.63, 3.8) is 0 Å². The lowest BCUT2D eigenvalue weighted by molar-refractivity contribution is 0.292. The Morgan fingerprint density at radius 3 is 2.96 bits per heavy atom. The number of nitrogens with zero attached hydrogens (tertiary/aromatic N) is 3. The van der Waals surface area contributed by atoms with E-state index in [2.05, 4.69) is 25.6 Å². The molecular weight excluding hydrogens is 338 g/mol. The summed E-state index contributed by atoms with van der Waals surface area (Å²) in [5.74, 6) is 1.29. The van der Waals surface area contributed by atoms with Gasteiger partial charge in [0.1, 0.15) is 5.82 Å². The van der Waals surface area contributed by atoms with E-state index in [1.54, 1.807) is 12.4 Å². The van der Waals surface area contributed by atoms with E-state index in [9.17, 15) is 0 Å². The summed E-state index contributed by atoms with van der Waals surface area (Å²) in [4.78, 5) is 13.1. The minimum Gasteiger partial charge on any atom is -0.396 e. The minimum absolute atomic E-state index is 0.0107. The van der Waals surface area contributed by atoms with Crippen LogP contribution >= 0.6 is 11.6 Å². The molecule has 0 saturated carbocycles. The van der Waals surface area contributed by atoms with Crippen molar-refractivity contribution in [3.8, 4) is 11.3 Å². The highest BCUT2D eigenvalue weighted by atomic mass is 35.5. The second kappa shape index (κ2) is 8.60. The Labute approximate surface area is 151 Å². The molecule has 0 spiro atoms. The zero-order chi connectivity index (χ0) is 17.5. The maximum atomic E-state index is 8.86. The molecule has 0 aromatic carbocycles. The highest BCUT2D eigenvalue weighted by Crippen LogP contribution is 2.22. The second-order valence-electron chi connectivity index (χ2n) is 5.62. The molecular formula is C18H20ClN5O. The Kier molecular flexibility index (Phi) is 5.98. The predicted octanol–water partition coefficient (Wildman–Crippen LogP) is 3.20. The number of aliphatic hydroxyl groups is 1. The largest absolute Gasteiger partial charge is 0.396 e. The van der Waals surface area contributed by atoms with Crippen molar-refractivity contribution >= 4 is 23.4 Å². The summed E-state index contributed by atoms with van der Waals surface area (Å²) in [5, 5.41) is 15.2. The Bertz CT molecular complexity index is 778. The Morgan fingerprint density at radius 1 is 1.24 bits per heavy atom. The number of aromatic nitrogens is 3. The number of aliphatic hydroxyl groups excluding tert-OH is 1. The van der Waals surface area contributed by atoms with Gasteiger partial charge in [-0.2, -0.15) is 0 Å². The quantitative estimate of drug-likeness (QED) is 0.521. The lowest BCUT2D eigenvalue weighted by Gasteiger charge is -2.14. The maximum Gasteiger partial charge on any atom is 0.227 e. The molecule has 1 unspecified atom stereocenters. The molecule has 3 N–H and O–H groups in total. The van der Waals surface area contributed by atoms with E-state index in [4.69, 9.17) is 16.7 Å². The van der Waals surface area contributed by atoms with Gasteiger partial charge in [0.05, 0.1) is 11.1 Å². The summed E-state index contributed by atoms with van der Waals surface area (Å²) in [7, 11) is 0. The number of alkyl halides is 1. The van der Waals surface area contributed by atoms with Gasteiger partial charge in [-0.25, -0.2) is 15.0 Å². The standard InChI is InChI=1S/C18H20ClN5O/c19-14-3-1-4-15(12-14)23-18-22-9-6-16(24-18)13-5-8-21-17(11-13)20-7-2-10-25/h1,3-6,8-9,11,14,25H,2,7,10,12H2,(H,20,21)(H,22,23,24). The van der Waals surface area contributed by atoms with Crippen molar-refractivity contribution in [2.75, 3.05) is 23.8 Å². The van der Waals surface area contributed by atoms with Crippen molar-refractivity contribution in [1.82, 2.24) is 15.0 Å². The number of nitrogens with one attached hydrogen (secondary N) is 2. The molecule has 2 aromatic heterocycles. The SMILES string of the molecule is OCCCNc1cc(-c2ccnc(NC3=CC=CC(Cl)C3)n2)ccn1. The third-order valence-electron chi connectivity index (χ3n) is 3.66. The molecule has 0 saturated heterocycles. The van der Waals surface area contributed by atoms with Crippen LogP contribution in [0.15, 0.2) is 54.5 Å². The van der Waals surface area contributed by atoms with E-state index in [1.807, 2.05) is 36.4 Å². The second-order valence-corrected chi connectivity index (χ2v) is 6.18. The number of anilines is 2. The first-order valence-electron chi connectivity index (χ1n) is 8.17. The van der Waals surface area contributed by atoms with Crippen molar-refractivity contribution in [1.29, 1.82) is 0 Å². The van der Waals surface area contributed by atoms with Crippen LogP contribution in [-0.4, -0.2) is 38.6 Å². The first-order valence-corrected chi connectivity index (χ1v) is 8.61. The number of allylic oxidation sites excluding steroid dienone is 4. The monoisotopic (exact) mass is 357 g/mol. The molecule has 2 aromatic rings. The normalized spacial score (nSPS) is 16.4. The zero-order valence-corrected chi connectivity index (χ0v) is 14.4. The fraction of sp³-hybridized carbons (Fsp3) is 0.278. The lowest BCUT2D eigenvalue weighted by Crippen LogP contribution is -2.10. The fourth-order valence-corrected chi connectivity index (χ4v) is 2.69. The summed E-state index contributed by atoms with van der Waals surface area (Å²) in [6, 6.07) is 5.69. The first-order chi connectivity index (χ1) is 12.2. The molecule has 0 radical (unpaired) electrons. The van der Waals surface area contributed by atoms with E-state index in [1.165, 1.54) is 0 Å². The number of hydrogen-bond donors (Lipinski definition) is 3. The molecule has 25 heavy (non-hydrogen) atoms. The van der Waals surface area contributed by atoms with Crippen LogP contribution in [0.2, 0.25) is 0 Å². The van der Waals surface area contributed by atoms with Crippen LogP contribution in [0.4, 0.5) is 11.8 Å². The average Bonchev–Trinajstić information content (AvgIpc) is 2.63. The molecule has 130 valence electrons. The third-order valence-corrected chi connectivity index (χ3v) is 3.96. The van der Waals surface area contributed by atoms with Crippen molar-refractivity contribution in [2.45, 2.75) is 18.2 Å². The average molecular weight is 358 g/mol. The fourth-order valence-electron chi connectivity index (χ4n) is 2.44. The molecule has 6 nitrogen and oxygen atoms in total. The molecule has 2 heterocycles. The molecule has 3 rings (SSSR count). The summed E-state index contributed by atoms with van der Waals surface area (Å²) < 4.78 is 0. The van der Waals surface area contributed by atoms with Crippen molar-refractivity contribution in [2.24, 2.45) is 0 Å². The van der Waals surface area contributed by atoms with Crippen LogP contribution in [0.5, 0.6) is 0 Å². The van der Waals surface area contributed by atoms with Gasteiger partial charge in [0.25, 0.3) is 0 Å². The number of halogens is 1. The van der Waals surface area contributed by atoms with Gasteiger partial charge in [-0.05, 0) is 30.7 Å². The van der Waals surface area contributed by atoms with E-state index in [0.717, 1.165) is 29.2 Å². The van der Waals surface area contributed by atoms with Crippen LogP contribution in [-0.2, 0) is 0 Å². The van der Waals surface area contributed by atoms with E-state index in [-0.39, 0.29) is 12.0 Å². The highest BCUT2D eigenvalue weighted by molar-refractivity contribution is 6.22. The van der Waals surface area contributed by atoms with Crippen LogP contribution in [0.1, 0.15) is 12.8 Å². The molecule has 0 bridgehead atoms. The van der Waals surface area contributed by atoms with Crippen LogP contribution in [0.25, 0.3) is 11.3 Å².